The molecule has 0 N–H and O–H groups in total. The third-order valence-electron chi connectivity index (χ3n) is 10.2. The molecule has 0 spiro atoms. The largest absolute Gasteiger partial charge is 0.457 e. The molecule has 6 heteroatoms. The first-order chi connectivity index (χ1) is 24.8. The number of aromatic nitrogens is 3. The number of nitrogens with zero attached hydrogens (tertiary/aromatic N) is 5. The Balaban J connectivity index is 1.11. The van der Waals surface area contributed by atoms with E-state index in [1.165, 1.54) is 43.7 Å². The standard InChI is InChI=1S/C44H29N5O/c1-2-10-29(11-3-1)46-24-25-47(28-46)30-12-6-13-31(26-30)50-32-21-22-34-36-16-8-18-38-37-17-7-15-35-33-14-4-5-19-39(33)48(42(35)37)40-20-9-23-45-44(40)49(43(36)38)41(34)27-32/h1-27H,28H2. The Bertz CT molecular complexity index is 3010. The maximum atomic E-state index is 6.63. The lowest BCUT2D eigenvalue weighted by Crippen LogP contribution is -2.24. The first-order valence-electron chi connectivity index (χ1n) is 16.9. The van der Waals surface area contributed by atoms with E-state index in [4.69, 9.17) is 9.72 Å². The quantitative estimate of drug-likeness (QED) is 0.191. The maximum Gasteiger partial charge on any atom is 0.162 e. The summed E-state index contributed by atoms with van der Waals surface area (Å²) in [4.78, 5) is 9.55. The van der Waals surface area contributed by atoms with E-state index in [1.54, 1.807) is 0 Å². The predicted octanol–water partition coefficient (Wildman–Crippen LogP) is 10.9. The van der Waals surface area contributed by atoms with Crippen LogP contribution in [0.2, 0.25) is 0 Å². The average molecular weight is 644 g/mol. The number of hydrogen-bond acceptors (Lipinski definition) is 4. The van der Waals surface area contributed by atoms with Crippen molar-refractivity contribution in [1.29, 1.82) is 0 Å². The fourth-order valence-electron chi connectivity index (χ4n) is 8.00. The van der Waals surface area contributed by atoms with E-state index < -0.39 is 0 Å². The zero-order valence-electron chi connectivity index (χ0n) is 26.9. The van der Waals surface area contributed by atoms with Crippen LogP contribution >= 0.6 is 0 Å². The van der Waals surface area contributed by atoms with Crippen molar-refractivity contribution in [2.75, 3.05) is 16.5 Å². The Morgan fingerprint density at radius 3 is 1.86 bits per heavy atom. The molecule has 0 aliphatic carbocycles. The first-order valence-corrected chi connectivity index (χ1v) is 16.9. The summed E-state index contributed by atoms with van der Waals surface area (Å²) in [6, 6.07) is 51.4. The van der Waals surface area contributed by atoms with E-state index in [2.05, 4.69) is 158 Å². The number of hydrogen-bond donors (Lipinski definition) is 0. The van der Waals surface area contributed by atoms with E-state index in [0.29, 0.717) is 0 Å². The number of fused-ring (bicyclic) bond motifs is 10. The molecule has 4 aromatic heterocycles. The van der Waals surface area contributed by atoms with E-state index in [1.807, 2.05) is 24.4 Å². The minimum Gasteiger partial charge on any atom is -0.457 e. The first kappa shape index (κ1) is 27.2. The lowest BCUT2D eigenvalue weighted by Gasteiger charge is -2.21. The van der Waals surface area contributed by atoms with Gasteiger partial charge in [-0.15, -0.1) is 0 Å². The molecule has 11 rings (SSSR count). The molecule has 0 bridgehead atoms. The molecule has 0 unspecified atom stereocenters. The lowest BCUT2D eigenvalue weighted by molar-refractivity contribution is 0.483. The number of ether oxygens (including phenoxy) is 1. The van der Waals surface area contributed by atoms with Crippen LogP contribution in [0.25, 0.3) is 65.5 Å². The van der Waals surface area contributed by atoms with Crippen LogP contribution in [-0.4, -0.2) is 20.5 Å². The lowest BCUT2D eigenvalue weighted by atomic mass is 10.0. The molecule has 0 amide bonds. The normalized spacial score (nSPS) is 13.4. The molecule has 0 radical (unpaired) electrons. The topological polar surface area (TPSA) is 37.4 Å². The molecule has 236 valence electrons. The zero-order valence-corrected chi connectivity index (χ0v) is 26.9. The molecule has 10 aromatic rings. The monoisotopic (exact) mass is 643 g/mol. The summed E-state index contributed by atoms with van der Waals surface area (Å²) in [5.41, 5.74) is 8.74. The van der Waals surface area contributed by atoms with E-state index in [0.717, 1.165) is 51.4 Å². The van der Waals surface area contributed by atoms with Crippen LogP contribution in [0.3, 0.4) is 0 Å². The summed E-state index contributed by atoms with van der Waals surface area (Å²) in [6.07, 6.45) is 6.13. The van der Waals surface area contributed by atoms with Crippen molar-refractivity contribution in [3.05, 3.63) is 164 Å². The SMILES string of the molecule is C1=CN(c2cccc(Oc3ccc4c5cccc6c7cccc8c9ccccc9n(c9cccnc9n(c4c3)c56)c87)c2)CN1c1ccccc1. The van der Waals surface area contributed by atoms with Crippen molar-refractivity contribution in [3.8, 4) is 11.5 Å². The Hall–Kier alpha value is -6.79. The van der Waals surface area contributed by atoms with Crippen LogP contribution in [0, 0.1) is 0 Å². The van der Waals surface area contributed by atoms with Gasteiger partial charge in [0.05, 0.1) is 34.3 Å². The van der Waals surface area contributed by atoms with Gasteiger partial charge in [0.25, 0.3) is 0 Å². The van der Waals surface area contributed by atoms with Gasteiger partial charge in [0, 0.05) is 74.4 Å². The fourth-order valence-corrected chi connectivity index (χ4v) is 8.00. The second-order valence-electron chi connectivity index (χ2n) is 12.9. The van der Waals surface area contributed by atoms with Gasteiger partial charge < -0.3 is 18.9 Å². The summed E-state index contributed by atoms with van der Waals surface area (Å²) < 4.78 is 11.4. The van der Waals surface area contributed by atoms with Gasteiger partial charge in [0.15, 0.2) is 5.65 Å². The number of benzene rings is 6. The second kappa shape index (κ2) is 10.4. The highest BCUT2D eigenvalue weighted by Gasteiger charge is 2.20. The molecule has 1 aliphatic rings. The summed E-state index contributed by atoms with van der Waals surface area (Å²) in [5.74, 6) is 1.55. The average Bonchev–Trinajstić information content (AvgIpc) is 3.88. The van der Waals surface area contributed by atoms with E-state index >= 15 is 0 Å². The predicted molar refractivity (Wildman–Crippen MR) is 206 cm³/mol. The van der Waals surface area contributed by atoms with Gasteiger partial charge in [0.2, 0.25) is 0 Å². The number of pyridine rings is 1. The van der Waals surface area contributed by atoms with Gasteiger partial charge in [-0.05, 0) is 54.6 Å². The number of anilines is 2. The Morgan fingerprint density at radius 2 is 1.04 bits per heavy atom. The van der Waals surface area contributed by atoms with Crippen molar-refractivity contribution >= 4 is 76.9 Å². The minimum atomic E-state index is 0.736. The molecule has 50 heavy (non-hydrogen) atoms. The molecule has 6 aromatic carbocycles. The molecule has 0 saturated heterocycles. The second-order valence-corrected chi connectivity index (χ2v) is 12.9. The fraction of sp³-hybridized carbons (Fsp3) is 0.0227. The molecule has 5 heterocycles. The Morgan fingerprint density at radius 1 is 0.440 bits per heavy atom. The third-order valence-corrected chi connectivity index (χ3v) is 10.2. The summed E-state index contributed by atoms with van der Waals surface area (Å²) in [7, 11) is 0. The number of para-hydroxylation sites is 4. The van der Waals surface area contributed by atoms with Gasteiger partial charge in [-0.2, -0.15) is 0 Å². The van der Waals surface area contributed by atoms with Gasteiger partial charge in [0.1, 0.15) is 11.5 Å². The summed E-state index contributed by atoms with van der Waals surface area (Å²) >= 11 is 0. The Kier molecular flexibility index (Phi) is 5.63. The molecule has 0 saturated carbocycles. The Labute approximate surface area is 286 Å². The molecular formula is C44H29N5O. The van der Waals surface area contributed by atoms with Crippen LogP contribution in [0.5, 0.6) is 11.5 Å². The van der Waals surface area contributed by atoms with E-state index in [-0.39, 0.29) is 0 Å². The van der Waals surface area contributed by atoms with Crippen LogP contribution in [0.1, 0.15) is 0 Å². The van der Waals surface area contributed by atoms with Crippen molar-refractivity contribution in [2.45, 2.75) is 0 Å². The molecule has 6 nitrogen and oxygen atoms in total. The van der Waals surface area contributed by atoms with Gasteiger partial charge in [-0.25, -0.2) is 4.98 Å². The molecule has 0 fully saturated rings. The van der Waals surface area contributed by atoms with Gasteiger partial charge in [-0.3, -0.25) is 4.40 Å². The third kappa shape index (κ3) is 3.87. The smallest absolute Gasteiger partial charge is 0.162 e. The highest BCUT2D eigenvalue weighted by atomic mass is 16.5. The number of rotatable bonds is 4. The van der Waals surface area contributed by atoms with Crippen molar-refractivity contribution < 1.29 is 4.74 Å². The van der Waals surface area contributed by atoms with Crippen molar-refractivity contribution in [2.24, 2.45) is 0 Å². The van der Waals surface area contributed by atoms with Gasteiger partial charge in [-0.1, -0.05) is 78.9 Å². The minimum absolute atomic E-state index is 0.736. The highest BCUT2D eigenvalue weighted by Crippen LogP contribution is 2.41. The van der Waals surface area contributed by atoms with Gasteiger partial charge >= 0.3 is 0 Å². The van der Waals surface area contributed by atoms with Crippen molar-refractivity contribution in [1.82, 2.24) is 13.8 Å². The highest BCUT2D eigenvalue weighted by molar-refractivity contribution is 6.25. The maximum absolute atomic E-state index is 6.63. The van der Waals surface area contributed by atoms with E-state index in [9.17, 15) is 0 Å². The van der Waals surface area contributed by atoms with Crippen LogP contribution in [-0.2, 0) is 0 Å². The zero-order chi connectivity index (χ0) is 32.8. The molecule has 1 aliphatic heterocycles. The van der Waals surface area contributed by atoms with Crippen LogP contribution < -0.4 is 14.5 Å². The molecule has 0 atom stereocenters. The van der Waals surface area contributed by atoms with Crippen LogP contribution in [0.4, 0.5) is 11.4 Å². The van der Waals surface area contributed by atoms with Crippen molar-refractivity contribution in [3.63, 3.8) is 0 Å². The molecular weight excluding hydrogens is 615 g/mol. The summed E-state index contributed by atoms with van der Waals surface area (Å²) in [6.45, 7) is 0.736. The summed E-state index contributed by atoms with van der Waals surface area (Å²) in [5, 5.41) is 7.21. The van der Waals surface area contributed by atoms with Crippen LogP contribution in [0.15, 0.2) is 164 Å².